The molecule has 23 heavy (non-hydrogen) atoms. The first-order valence-corrected chi connectivity index (χ1v) is 8.88. The van der Waals surface area contributed by atoms with Crippen molar-refractivity contribution in [3.8, 4) is 0 Å². The molecule has 6 nitrogen and oxygen atoms in total. The van der Waals surface area contributed by atoms with Gasteiger partial charge in [0.25, 0.3) is 0 Å². The summed E-state index contributed by atoms with van der Waals surface area (Å²) in [6.07, 6.45) is 3.28. The molecule has 0 unspecified atom stereocenters. The van der Waals surface area contributed by atoms with Crippen LogP contribution < -0.4 is 0 Å². The average Bonchev–Trinajstić information content (AvgIpc) is 3.31. The normalized spacial score (nSPS) is 14.0. The maximum absolute atomic E-state index is 12.3. The van der Waals surface area contributed by atoms with Crippen molar-refractivity contribution in [2.24, 2.45) is 0 Å². The summed E-state index contributed by atoms with van der Waals surface area (Å²) in [6.45, 7) is 2.76. The predicted molar refractivity (Wildman–Crippen MR) is 89.1 cm³/mol. The van der Waals surface area contributed by atoms with Crippen LogP contribution in [0.15, 0.2) is 29.4 Å². The number of amides is 1. The number of benzene rings is 1. The lowest BCUT2D eigenvalue weighted by atomic mass is 10.1. The van der Waals surface area contributed by atoms with Crippen LogP contribution in [0.4, 0.5) is 0 Å². The van der Waals surface area contributed by atoms with Crippen molar-refractivity contribution >= 4 is 17.7 Å². The molecule has 3 rings (SSSR count). The van der Waals surface area contributed by atoms with Crippen LogP contribution in [0.5, 0.6) is 0 Å². The number of rotatable bonds is 7. The molecule has 0 radical (unpaired) electrons. The molecule has 0 saturated heterocycles. The first-order chi connectivity index (χ1) is 11.2. The number of nitrogens with zero attached hydrogens (tertiary/aromatic N) is 5. The van der Waals surface area contributed by atoms with E-state index in [1.54, 1.807) is 4.90 Å². The van der Waals surface area contributed by atoms with Gasteiger partial charge in [0, 0.05) is 13.6 Å². The Morgan fingerprint density at radius 2 is 2.00 bits per heavy atom. The topological polar surface area (TPSA) is 63.9 Å². The smallest absolute Gasteiger partial charge is 0.233 e. The Hall–Kier alpha value is -1.89. The van der Waals surface area contributed by atoms with E-state index >= 15 is 0 Å². The zero-order chi connectivity index (χ0) is 16.2. The number of tetrazole rings is 1. The third kappa shape index (κ3) is 4.10. The van der Waals surface area contributed by atoms with Crippen molar-refractivity contribution in [2.45, 2.75) is 43.9 Å². The fourth-order valence-electron chi connectivity index (χ4n) is 2.31. The zero-order valence-electron chi connectivity index (χ0n) is 13.5. The van der Waals surface area contributed by atoms with Crippen molar-refractivity contribution in [3.05, 3.63) is 35.4 Å². The highest BCUT2D eigenvalue weighted by molar-refractivity contribution is 7.99. The minimum atomic E-state index is 0.0833. The third-order valence-electron chi connectivity index (χ3n) is 3.96. The molecule has 2 aromatic rings. The van der Waals surface area contributed by atoms with Gasteiger partial charge in [0.15, 0.2) is 0 Å². The number of aryl methyl sites for hydroxylation is 1. The van der Waals surface area contributed by atoms with Crippen molar-refractivity contribution in [1.82, 2.24) is 25.1 Å². The summed E-state index contributed by atoms with van der Waals surface area (Å²) in [5.41, 5.74) is 2.45. The second-order valence-corrected chi connectivity index (χ2v) is 6.79. The lowest BCUT2D eigenvalue weighted by Gasteiger charge is -2.17. The van der Waals surface area contributed by atoms with Crippen LogP contribution in [0.2, 0.25) is 0 Å². The number of hydrogen-bond acceptors (Lipinski definition) is 5. The molecule has 0 spiro atoms. The van der Waals surface area contributed by atoms with Gasteiger partial charge >= 0.3 is 0 Å². The van der Waals surface area contributed by atoms with Crippen LogP contribution in [-0.4, -0.2) is 43.8 Å². The largest absolute Gasteiger partial charge is 0.341 e. The van der Waals surface area contributed by atoms with Gasteiger partial charge in [0.1, 0.15) is 0 Å². The van der Waals surface area contributed by atoms with Crippen molar-refractivity contribution in [3.63, 3.8) is 0 Å². The molecule has 1 aromatic heterocycles. The SMILES string of the molecule is CCc1ccc(CN(C)C(=O)CSc2nnnn2C2CC2)cc1. The van der Waals surface area contributed by atoms with E-state index in [-0.39, 0.29) is 5.91 Å². The molecule has 1 fully saturated rings. The predicted octanol–water partition coefficient (Wildman–Crippen LogP) is 2.32. The van der Waals surface area contributed by atoms with Gasteiger partial charge in [-0.3, -0.25) is 4.79 Å². The van der Waals surface area contributed by atoms with Crippen LogP contribution in [0, 0.1) is 0 Å². The fraction of sp³-hybridized carbons (Fsp3) is 0.500. The van der Waals surface area contributed by atoms with Crippen molar-refractivity contribution < 1.29 is 4.79 Å². The Bertz CT molecular complexity index is 665. The maximum Gasteiger partial charge on any atom is 0.233 e. The molecule has 1 aliphatic carbocycles. The third-order valence-corrected chi connectivity index (χ3v) is 4.88. The monoisotopic (exact) mass is 331 g/mol. The van der Waals surface area contributed by atoms with Gasteiger partial charge < -0.3 is 4.90 Å². The average molecular weight is 331 g/mol. The molecule has 1 heterocycles. The summed E-state index contributed by atoms with van der Waals surface area (Å²) in [4.78, 5) is 14.0. The first-order valence-electron chi connectivity index (χ1n) is 7.90. The van der Waals surface area contributed by atoms with Gasteiger partial charge in [-0.25, -0.2) is 4.68 Å². The first kappa shape index (κ1) is 16.0. The second-order valence-electron chi connectivity index (χ2n) is 5.85. The van der Waals surface area contributed by atoms with Gasteiger partial charge in [0.2, 0.25) is 11.1 Å². The molecule has 1 aliphatic rings. The maximum atomic E-state index is 12.3. The number of hydrogen-bond donors (Lipinski definition) is 0. The molecular weight excluding hydrogens is 310 g/mol. The highest BCUT2D eigenvalue weighted by Gasteiger charge is 2.28. The second kappa shape index (κ2) is 7.12. The molecule has 0 N–H and O–H groups in total. The Morgan fingerprint density at radius 3 is 2.65 bits per heavy atom. The van der Waals surface area contributed by atoms with Crippen LogP contribution >= 0.6 is 11.8 Å². The summed E-state index contributed by atoms with van der Waals surface area (Å²) < 4.78 is 1.83. The minimum absolute atomic E-state index is 0.0833. The molecule has 1 aromatic carbocycles. The molecule has 122 valence electrons. The van der Waals surface area contributed by atoms with E-state index in [4.69, 9.17) is 0 Å². The van der Waals surface area contributed by atoms with Gasteiger partial charge in [-0.05, 0) is 40.8 Å². The quantitative estimate of drug-likeness (QED) is 0.729. The van der Waals surface area contributed by atoms with Gasteiger partial charge in [-0.2, -0.15) is 0 Å². The summed E-state index contributed by atoms with van der Waals surface area (Å²) >= 11 is 1.41. The molecule has 0 aliphatic heterocycles. The van der Waals surface area contributed by atoms with E-state index in [2.05, 4.69) is 46.7 Å². The van der Waals surface area contributed by atoms with E-state index in [9.17, 15) is 4.79 Å². The number of carbonyl (C=O) groups excluding carboxylic acids is 1. The zero-order valence-corrected chi connectivity index (χ0v) is 14.3. The number of thioether (sulfide) groups is 1. The van der Waals surface area contributed by atoms with E-state index in [0.29, 0.717) is 18.3 Å². The van der Waals surface area contributed by atoms with Gasteiger partial charge in [0.05, 0.1) is 11.8 Å². The molecular formula is C16H21N5OS. The summed E-state index contributed by atoms with van der Waals surface area (Å²) in [5.74, 6) is 0.441. The van der Waals surface area contributed by atoms with E-state index < -0.39 is 0 Å². The van der Waals surface area contributed by atoms with Crippen LogP contribution in [-0.2, 0) is 17.8 Å². The Labute approximate surface area is 140 Å². The molecule has 7 heteroatoms. The van der Waals surface area contributed by atoms with Crippen molar-refractivity contribution in [2.75, 3.05) is 12.8 Å². The molecule has 0 bridgehead atoms. The van der Waals surface area contributed by atoms with E-state index in [1.165, 1.54) is 17.3 Å². The highest BCUT2D eigenvalue weighted by Crippen LogP contribution is 2.36. The minimum Gasteiger partial charge on any atom is -0.341 e. The lowest BCUT2D eigenvalue weighted by Crippen LogP contribution is -2.27. The number of carbonyl (C=O) groups is 1. The standard InChI is InChI=1S/C16H21N5OS/c1-3-12-4-6-13(7-5-12)10-20(2)15(22)11-23-16-17-18-19-21(16)14-8-9-14/h4-7,14H,3,8-11H2,1-2H3. The van der Waals surface area contributed by atoms with Crippen LogP contribution in [0.3, 0.4) is 0 Å². The Balaban J connectivity index is 1.51. The van der Waals surface area contributed by atoms with Gasteiger partial charge in [-0.1, -0.05) is 43.0 Å². The summed E-state index contributed by atoms with van der Waals surface area (Å²) in [6, 6.07) is 8.84. The molecule has 1 amide bonds. The van der Waals surface area contributed by atoms with E-state index in [1.807, 2.05) is 11.7 Å². The lowest BCUT2D eigenvalue weighted by molar-refractivity contribution is -0.127. The van der Waals surface area contributed by atoms with Crippen molar-refractivity contribution in [1.29, 1.82) is 0 Å². The Morgan fingerprint density at radius 1 is 1.30 bits per heavy atom. The molecule has 1 saturated carbocycles. The molecule has 0 atom stereocenters. The Kier molecular flexibility index (Phi) is 4.95. The fourth-order valence-corrected chi connectivity index (χ4v) is 3.19. The van der Waals surface area contributed by atoms with E-state index in [0.717, 1.165) is 30.0 Å². The summed E-state index contributed by atoms with van der Waals surface area (Å²) in [7, 11) is 1.83. The van der Waals surface area contributed by atoms with Gasteiger partial charge in [-0.15, -0.1) is 5.10 Å². The number of aromatic nitrogens is 4. The summed E-state index contributed by atoms with van der Waals surface area (Å²) in [5, 5.41) is 12.4. The van der Waals surface area contributed by atoms with Crippen LogP contribution in [0.25, 0.3) is 0 Å². The van der Waals surface area contributed by atoms with Crippen LogP contribution in [0.1, 0.15) is 36.9 Å². The highest BCUT2D eigenvalue weighted by atomic mass is 32.2.